The van der Waals surface area contributed by atoms with Gasteiger partial charge in [0.15, 0.2) is 0 Å². The van der Waals surface area contributed by atoms with Crippen LogP contribution >= 0.6 is 11.8 Å². The number of hydrogen-bond acceptors (Lipinski definition) is 7. The average molecular weight is 676 g/mol. The predicted molar refractivity (Wildman–Crippen MR) is 187 cm³/mol. The third kappa shape index (κ3) is 9.08. The van der Waals surface area contributed by atoms with E-state index >= 15 is 0 Å². The van der Waals surface area contributed by atoms with Gasteiger partial charge in [0.1, 0.15) is 24.1 Å². The number of carbonyl (C=O) groups is 2. The molecule has 2 amide bonds. The molecule has 0 aliphatic rings. The monoisotopic (exact) mass is 675 g/mol. The van der Waals surface area contributed by atoms with Gasteiger partial charge < -0.3 is 19.7 Å². The van der Waals surface area contributed by atoms with Crippen LogP contribution in [0.3, 0.4) is 0 Å². The van der Waals surface area contributed by atoms with Crippen molar-refractivity contribution in [1.82, 2.24) is 10.2 Å². The SMILES string of the molecule is CCNC(=O)[C@@H](Cc1ccccc1)N(Cc1cccc(OC)c1)C(=O)CN(c1ccccc1OCC)S(=O)(=O)c1ccc(SC)cc1. The van der Waals surface area contributed by atoms with Crippen LogP contribution in [0.5, 0.6) is 11.5 Å². The van der Waals surface area contributed by atoms with Crippen molar-refractivity contribution in [1.29, 1.82) is 0 Å². The summed E-state index contributed by atoms with van der Waals surface area (Å²) in [5.41, 5.74) is 1.79. The zero-order valence-electron chi connectivity index (χ0n) is 27.1. The van der Waals surface area contributed by atoms with Gasteiger partial charge in [0.2, 0.25) is 11.8 Å². The maximum absolute atomic E-state index is 14.6. The van der Waals surface area contributed by atoms with Crippen LogP contribution in [0.15, 0.2) is 113 Å². The van der Waals surface area contributed by atoms with Crippen molar-refractivity contribution in [3.05, 3.63) is 114 Å². The van der Waals surface area contributed by atoms with Gasteiger partial charge in [-0.15, -0.1) is 11.8 Å². The van der Waals surface area contributed by atoms with Crippen LogP contribution in [0.1, 0.15) is 25.0 Å². The van der Waals surface area contributed by atoms with Gasteiger partial charge in [0.25, 0.3) is 10.0 Å². The number of anilines is 1. The quantitative estimate of drug-likeness (QED) is 0.150. The number of hydrogen-bond donors (Lipinski definition) is 1. The Kier molecular flexibility index (Phi) is 12.7. The van der Waals surface area contributed by atoms with Gasteiger partial charge in [-0.3, -0.25) is 13.9 Å². The molecule has 0 unspecified atom stereocenters. The van der Waals surface area contributed by atoms with Gasteiger partial charge in [-0.2, -0.15) is 0 Å². The lowest BCUT2D eigenvalue weighted by Crippen LogP contribution is -2.53. The molecule has 0 fully saturated rings. The summed E-state index contributed by atoms with van der Waals surface area (Å²) in [5, 5.41) is 2.88. The summed E-state index contributed by atoms with van der Waals surface area (Å²) < 4.78 is 41.1. The molecule has 11 heteroatoms. The summed E-state index contributed by atoms with van der Waals surface area (Å²) in [7, 11) is -2.72. The number of sulfonamides is 1. The second-order valence-corrected chi connectivity index (χ2v) is 13.3. The van der Waals surface area contributed by atoms with Crippen molar-refractivity contribution in [3.8, 4) is 11.5 Å². The highest BCUT2D eigenvalue weighted by Gasteiger charge is 2.35. The van der Waals surface area contributed by atoms with Gasteiger partial charge >= 0.3 is 0 Å². The summed E-state index contributed by atoms with van der Waals surface area (Å²) in [6, 6.07) is 29.0. The van der Waals surface area contributed by atoms with E-state index in [1.54, 1.807) is 62.6 Å². The van der Waals surface area contributed by atoms with Crippen molar-refractivity contribution in [2.75, 3.05) is 37.4 Å². The Balaban J connectivity index is 1.84. The van der Waals surface area contributed by atoms with E-state index in [1.165, 1.54) is 28.8 Å². The molecule has 0 radical (unpaired) electrons. The maximum Gasteiger partial charge on any atom is 0.264 e. The Labute approximate surface area is 281 Å². The number of likely N-dealkylation sites (N-methyl/N-ethyl adjacent to an activating group) is 1. The summed E-state index contributed by atoms with van der Waals surface area (Å²) in [4.78, 5) is 30.7. The number of nitrogens with zero attached hydrogens (tertiary/aromatic N) is 2. The molecule has 0 spiro atoms. The van der Waals surface area contributed by atoms with Crippen molar-refractivity contribution in [2.45, 2.75) is 42.6 Å². The Bertz CT molecular complexity index is 1730. The summed E-state index contributed by atoms with van der Waals surface area (Å²) in [6.07, 6.45) is 2.13. The molecular formula is C36H41N3O6S2. The highest BCUT2D eigenvalue weighted by Crippen LogP contribution is 2.33. The fourth-order valence-corrected chi connectivity index (χ4v) is 6.98. The molecule has 0 aliphatic carbocycles. The first-order valence-corrected chi connectivity index (χ1v) is 18.0. The zero-order chi connectivity index (χ0) is 33.8. The van der Waals surface area contributed by atoms with E-state index in [4.69, 9.17) is 9.47 Å². The molecule has 4 aromatic rings. The molecule has 4 aromatic carbocycles. The summed E-state index contributed by atoms with van der Waals surface area (Å²) in [5.74, 6) is 0.00654. The van der Waals surface area contributed by atoms with Gasteiger partial charge in [0, 0.05) is 24.4 Å². The third-order valence-electron chi connectivity index (χ3n) is 7.47. The standard InChI is InChI=1S/C36H41N3O6S2/c1-5-37-36(41)33(24-27-13-8-7-9-14-27)38(25-28-15-12-16-29(23-28)44-3)35(40)26-39(32-17-10-11-18-34(32)45-6-2)47(42,43)31-21-19-30(46-4)20-22-31/h7-23,33H,5-6,24-26H2,1-4H3,(H,37,41)/t33-/m1/s1. The van der Waals surface area contributed by atoms with Crippen LogP contribution in [0.25, 0.3) is 0 Å². The van der Waals surface area contributed by atoms with Gasteiger partial charge in [0.05, 0.1) is 24.3 Å². The number of carbonyl (C=O) groups excluding carboxylic acids is 2. The molecule has 9 nitrogen and oxygen atoms in total. The molecule has 0 saturated carbocycles. The minimum atomic E-state index is -4.27. The number of para-hydroxylation sites is 2. The number of thioether (sulfide) groups is 1. The first-order valence-electron chi connectivity index (χ1n) is 15.3. The zero-order valence-corrected chi connectivity index (χ0v) is 28.7. The lowest BCUT2D eigenvalue weighted by Gasteiger charge is -2.34. The Morgan fingerprint density at radius 1 is 0.872 bits per heavy atom. The topological polar surface area (TPSA) is 105 Å². The first kappa shape index (κ1) is 35.4. The van der Waals surface area contributed by atoms with E-state index < -0.39 is 28.5 Å². The van der Waals surface area contributed by atoms with Crippen molar-refractivity contribution in [3.63, 3.8) is 0 Å². The van der Waals surface area contributed by atoms with Crippen molar-refractivity contribution in [2.24, 2.45) is 0 Å². The van der Waals surface area contributed by atoms with Crippen LogP contribution < -0.4 is 19.1 Å². The normalized spacial score (nSPS) is 11.7. The Hall–Kier alpha value is -4.48. The Morgan fingerprint density at radius 2 is 1.55 bits per heavy atom. The minimum Gasteiger partial charge on any atom is -0.497 e. The van der Waals surface area contributed by atoms with E-state index in [9.17, 15) is 18.0 Å². The number of rotatable bonds is 16. The van der Waals surface area contributed by atoms with Crippen molar-refractivity contribution >= 4 is 39.3 Å². The highest BCUT2D eigenvalue weighted by atomic mass is 32.2. The molecule has 0 bridgehead atoms. The van der Waals surface area contributed by atoms with E-state index in [-0.39, 0.29) is 29.5 Å². The number of ether oxygens (including phenoxy) is 2. The Morgan fingerprint density at radius 3 is 2.21 bits per heavy atom. The first-order chi connectivity index (χ1) is 22.7. The fourth-order valence-electron chi connectivity index (χ4n) is 5.14. The van der Waals surface area contributed by atoms with Gasteiger partial charge in [-0.1, -0.05) is 54.6 Å². The lowest BCUT2D eigenvalue weighted by atomic mass is 10.0. The largest absolute Gasteiger partial charge is 0.497 e. The lowest BCUT2D eigenvalue weighted by molar-refractivity contribution is -0.140. The third-order valence-corrected chi connectivity index (χ3v) is 9.99. The average Bonchev–Trinajstić information content (AvgIpc) is 3.09. The molecule has 1 N–H and O–H groups in total. The maximum atomic E-state index is 14.6. The fraction of sp³-hybridized carbons (Fsp3) is 0.278. The van der Waals surface area contributed by atoms with Crippen LogP contribution in [0.4, 0.5) is 5.69 Å². The molecule has 0 aromatic heterocycles. The van der Waals surface area contributed by atoms with Crippen molar-refractivity contribution < 1.29 is 27.5 Å². The molecule has 0 aliphatic heterocycles. The van der Waals surface area contributed by atoms with Gasteiger partial charge in [-0.05, 0) is 79.8 Å². The second kappa shape index (κ2) is 16.9. The number of methoxy groups -OCH3 is 1. The summed E-state index contributed by atoms with van der Waals surface area (Å²) >= 11 is 1.49. The van der Waals surface area contributed by atoms with E-state index in [0.29, 0.717) is 24.7 Å². The summed E-state index contributed by atoms with van der Waals surface area (Å²) in [6.45, 7) is 3.73. The smallest absolute Gasteiger partial charge is 0.264 e. The number of benzene rings is 4. The van der Waals surface area contributed by atoms with E-state index in [0.717, 1.165) is 20.3 Å². The van der Waals surface area contributed by atoms with Crippen LogP contribution in [0, 0.1) is 0 Å². The van der Waals surface area contributed by atoms with Crippen LogP contribution in [-0.2, 0) is 32.6 Å². The predicted octanol–water partition coefficient (Wildman–Crippen LogP) is 5.79. The molecule has 248 valence electrons. The molecule has 0 heterocycles. The number of nitrogens with one attached hydrogen (secondary N) is 1. The van der Waals surface area contributed by atoms with E-state index in [1.807, 2.05) is 55.6 Å². The van der Waals surface area contributed by atoms with Crippen LogP contribution in [-0.4, -0.2) is 64.2 Å². The van der Waals surface area contributed by atoms with Crippen LogP contribution in [0.2, 0.25) is 0 Å². The van der Waals surface area contributed by atoms with Gasteiger partial charge in [-0.25, -0.2) is 8.42 Å². The second-order valence-electron chi connectivity index (χ2n) is 10.6. The molecule has 0 saturated heterocycles. The van der Waals surface area contributed by atoms with E-state index in [2.05, 4.69) is 5.32 Å². The minimum absolute atomic E-state index is 0.0262. The molecule has 1 atom stereocenters. The molecule has 4 rings (SSSR count). The molecular weight excluding hydrogens is 635 g/mol. The molecule has 47 heavy (non-hydrogen) atoms. The highest BCUT2D eigenvalue weighted by molar-refractivity contribution is 7.98. The number of amides is 2.